The summed E-state index contributed by atoms with van der Waals surface area (Å²) in [6.07, 6.45) is 3.08. The molecule has 1 aromatic heterocycles. The summed E-state index contributed by atoms with van der Waals surface area (Å²) in [5, 5.41) is 6.14. The highest BCUT2D eigenvalue weighted by Gasteiger charge is 2.24. The minimum atomic E-state index is -1.03. The van der Waals surface area contributed by atoms with Crippen LogP contribution in [0.15, 0.2) is 24.3 Å². The Morgan fingerprint density at radius 3 is 2.10 bits per heavy atom. The van der Waals surface area contributed by atoms with Crippen molar-refractivity contribution in [2.24, 2.45) is 0 Å². The number of carbonyl (C=O) groups excluding carboxylic acids is 1. The van der Waals surface area contributed by atoms with Crippen LogP contribution in [0.2, 0.25) is 0 Å². The van der Waals surface area contributed by atoms with Crippen molar-refractivity contribution < 1.29 is 23.0 Å². The van der Waals surface area contributed by atoms with Crippen LogP contribution in [0.3, 0.4) is 0 Å². The highest BCUT2D eigenvalue weighted by atomic mass is 35.5. The lowest BCUT2D eigenvalue weighted by Gasteiger charge is -2.29. The normalized spacial score (nSPS) is 18.3. The number of amides is 1. The average molecular weight is 429 g/mol. The number of nitrogens with one attached hydrogen (secondary N) is 2. The third kappa shape index (κ3) is 5.90. The third-order valence-electron chi connectivity index (χ3n) is 4.67. The highest BCUT2D eigenvalue weighted by molar-refractivity contribution is 5.94. The molecule has 10 heteroatoms. The molecule has 2 aromatic rings. The van der Waals surface area contributed by atoms with E-state index in [4.69, 9.17) is 9.47 Å². The van der Waals surface area contributed by atoms with Gasteiger partial charge in [-0.05, 0) is 43.9 Å². The van der Waals surface area contributed by atoms with Gasteiger partial charge in [-0.15, -0.1) is 12.4 Å². The van der Waals surface area contributed by atoms with Crippen molar-refractivity contribution in [2.45, 2.75) is 37.8 Å². The van der Waals surface area contributed by atoms with Gasteiger partial charge in [-0.25, -0.2) is 8.78 Å². The molecule has 0 radical (unpaired) electrons. The van der Waals surface area contributed by atoms with E-state index in [-0.39, 0.29) is 30.1 Å². The number of rotatable bonds is 6. The lowest BCUT2D eigenvalue weighted by atomic mass is 9.91. The zero-order chi connectivity index (χ0) is 20.1. The van der Waals surface area contributed by atoms with Gasteiger partial charge in [-0.3, -0.25) is 4.79 Å². The largest absolute Gasteiger partial charge is 0.481 e. The zero-order valence-corrected chi connectivity index (χ0v) is 16.9. The molecule has 29 heavy (non-hydrogen) atoms. The summed E-state index contributed by atoms with van der Waals surface area (Å²) in [5.74, 6) is -1.18. The fourth-order valence-electron chi connectivity index (χ4n) is 3.15. The zero-order valence-electron chi connectivity index (χ0n) is 16.1. The van der Waals surface area contributed by atoms with Gasteiger partial charge in [0, 0.05) is 17.6 Å². The number of hydrogen-bond acceptors (Lipinski definition) is 6. The summed E-state index contributed by atoms with van der Waals surface area (Å²) < 4.78 is 36.6. The summed E-state index contributed by atoms with van der Waals surface area (Å²) in [6, 6.07) is 4.84. The molecule has 3 rings (SSSR count). The fraction of sp³-hybridized carbons (Fsp3) is 0.421. The van der Waals surface area contributed by atoms with Crippen molar-refractivity contribution in [2.75, 3.05) is 19.5 Å². The third-order valence-corrected chi connectivity index (χ3v) is 4.67. The van der Waals surface area contributed by atoms with Crippen LogP contribution in [-0.4, -0.2) is 42.2 Å². The Balaban J connectivity index is 0.00000300. The van der Waals surface area contributed by atoms with Crippen LogP contribution in [0.1, 0.15) is 36.0 Å². The molecule has 1 saturated carbocycles. The Labute approximate surface area is 173 Å². The second kappa shape index (κ2) is 10.2. The Hall–Kier alpha value is -2.68. The number of benzene rings is 1. The molecule has 7 nitrogen and oxygen atoms in total. The summed E-state index contributed by atoms with van der Waals surface area (Å²) >= 11 is 0. The SMILES string of the molecule is COc1cc(OC)nc(N[C@H]2CC[C@@H](NC(=O)c3ccc(F)c(F)c3)CC2)n1.Cl. The van der Waals surface area contributed by atoms with E-state index in [2.05, 4.69) is 20.6 Å². The highest BCUT2D eigenvalue weighted by Crippen LogP contribution is 2.24. The van der Waals surface area contributed by atoms with Crippen molar-refractivity contribution in [3.05, 3.63) is 41.5 Å². The first kappa shape index (κ1) is 22.6. The van der Waals surface area contributed by atoms with Crippen LogP contribution in [0.25, 0.3) is 0 Å². The molecule has 1 amide bonds. The molecule has 0 aliphatic heterocycles. The monoisotopic (exact) mass is 428 g/mol. The number of hydrogen-bond donors (Lipinski definition) is 2. The number of nitrogens with zero attached hydrogens (tertiary/aromatic N) is 2. The van der Waals surface area contributed by atoms with E-state index in [0.717, 1.165) is 37.8 Å². The maximum absolute atomic E-state index is 13.3. The van der Waals surface area contributed by atoms with Gasteiger partial charge in [0.05, 0.1) is 20.3 Å². The molecule has 0 bridgehead atoms. The number of aromatic nitrogens is 2. The second-order valence-electron chi connectivity index (χ2n) is 6.57. The standard InChI is InChI=1S/C19H22F2N4O3.ClH/c1-27-16-10-17(28-2)25-19(24-16)23-13-6-4-12(5-7-13)22-18(26)11-3-8-14(20)15(21)9-11;/h3,8-10,12-13H,4-7H2,1-2H3,(H,22,26)(H,23,24,25);1H/t12-,13+;. The lowest BCUT2D eigenvalue weighted by molar-refractivity contribution is 0.0926. The van der Waals surface area contributed by atoms with E-state index in [0.29, 0.717) is 17.7 Å². The molecule has 1 aliphatic carbocycles. The minimum absolute atomic E-state index is 0. The Morgan fingerprint density at radius 2 is 1.55 bits per heavy atom. The molecule has 158 valence electrons. The van der Waals surface area contributed by atoms with Gasteiger partial charge >= 0.3 is 0 Å². The first-order valence-corrected chi connectivity index (χ1v) is 8.98. The number of carbonyl (C=O) groups is 1. The molecule has 2 N–H and O–H groups in total. The molecule has 0 spiro atoms. The predicted molar refractivity (Wildman–Crippen MR) is 106 cm³/mol. The van der Waals surface area contributed by atoms with Gasteiger partial charge in [-0.2, -0.15) is 9.97 Å². The van der Waals surface area contributed by atoms with Gasteiger partial charge in [0.1, 0.15) is 0 Å². The molecule has 1 aromatic carbocycles. The summed E-state index contributed by atoms with van der Waals surface area (Å²) in [6.45, 7) is 0. The molecule has 1 aliphatic rings. The van der Waals surface area contributed by atoms with Crippen molar-refractivity contribution in [1.29, 1.82) is 0 Å². The molecule has 0 saturated heterocycles. The van der Waals surface area contributed by atoms with Gasteiger partial charge < -0.3 is 20.1 Å². The average Bonchev–Trinajstić information content (AvgIpc) is 2.71. The lowest BCUT2D eigenvalue weighted by Crippen LogP contribution is -2.40. The minimum Gasteiger partial charge on any atom is -0.481 e. The van der Waals surface area contributed by atoms with Gasteiger partial charge in [0.25, 0.3) is 5.91 Å². The topological polar surface area (TPSA) is 85.4 Å². The Morgan fingerprint density at radius 1 is 0.966 bits per heavy atom. The summed E-state index contributed by atoms with van der Waals surface area (Å²) in [7, 11) is 3.04. The summed E-state index contributed by atoms with van der Waals surface area (Å²) in [4.78, 5) is 20.7. The van der Waals surface area contributed by atoms with E-state index in [9.17, 15) is 13.6 Å². The molecule has 1 fully saturated rings. The Bertz CT molecular complexity index is 826. The number of halogens is 3. The van der Waals surface area contributed by atoms with Crippen molar-refractivity contribution in [3.8, 4) is 11.8 Å². The van der Waals surface area contributed by atoms with E-state index in [1.807, 2.05) is 0 Å². The van der Waals surface area contributed by atoms with Crippen LogP contribution in [0.4, 0.5) is 14.7 Å². The first-order chi connectivity index (χ1) is 13.5. The van der Waals surface area contributed by atoms with E-state index >= 15 is 0 Å². The predicted octanol–water partition coefficient (Wildman–Crippen LogP) is 3.35. The molecular formula is C19H23ClF2N4O3. The fourth-order valence-corrected chi connectivity index (χ4v) is 3.15. The number of methoxy groups -OCH3 is 2. The molecular weight excluding hydrogens is 406 g/mol. The van der Waals surface area contributed by atoms with Crippen LogP contribution in [0, 0.1) is 11.6 Å². The molecule has 0 atom stereocenters. The van der Waals surface area contributed by atoms with Crippen LogP contribution in [-0.2, 0) is 0 Å². The molecule has 0 unspecified atom stereocenters. The smallest absolute Gasteiger partial charge is 0.251 e. The second-order valence-corrected chi connectivity index (χ2v) is 6.57. The van der Waals surface area contributed by atoms with Crippen LogP contribution < -0.4 is 20.1 Å². The first-order valence-electron chi connectivity index (χ1n) is 8.98. The Kier molecular flexibility index (Phi) is 7.95. The van der Waals surface area contributed by atoms with Crippen molar-refractivity contribution in [1.82, 2.24) is 15.3 Å². The maximum Gasteiger partial charge on any atom is 0.251 e. The quantitative estimate of drug-likeness (QED) is 0.734. The summed E-state index contributed by atoms with van der Waals surface area (Å²) in [5.41, 5.74) is 0.107. The van der Waals surface area contributed by atoms with Gasteiger partial charge in [-0.1, -0.05) is 0 Å². The van der Waals surface area contributed by atoms with Crippen LogP contribution >= 0.6 is 12.4 Å². The number of anilines is 1. The van der Waals surface area contributed by atoms with Crippen molar-refractivity contribution >= 4 is 24.3 Å². The maximum atomic E-state index is 13.3. The van der Waals surface area contributed by atoms with Gasteiger partial charge in [0.2, 0.25) is 17.7 Å². The molecule has 1 heterocycles. The number of ether oxygens (including phenoxy) is 2. The van der Waals surface area contributed by atoms with Crippen LogP contribution in [0.5, 0.6) is 11.8 Å². The van der Waals surface area contributed by atoms with E-state index < -0.39 is 17.5 Å². The van der Waals surface area contributed by atoms with E-state index in [1.54, 1.807) is 6.07 Å². The van der Waals surface area contributed by atoms with E-state index in [1.165, 1.54) is 20.3 Å². The van der Waals surface area contributed by atoms with Gasteiger partial charge in [0.15, 0.2) is 11.6 Å². The van der Waals surface area contributed by atoms with Crippen molar-refractivity contribution in [3.63, 3.8) is 0 Å².